The van der Waals surface area contributed by atoms with Crippen LogP contribution in [0.3, 0.4) is 0 Å². The number of aromatic nitrogens is 1. The van der Waals surface area contributed by atoms with Crippen molar-refractivity contribution in [3.63, 3.8) is 0 Å². The molecule has 78 valence electrons. The van der Waals surface area contributed by atoms with E-state index in [2.05, 4.69) is 10.3 Å². The molecule has 14 heavy (non-hydrogen) atoms. The molecule has 1 heterocycles. The van der Waals surface area contributed by atoms with E-state index in [-0.39, 0.29) is 5.97 Å². The molecule has 0 spiro atoms. The first-order valence-corrected chi connectivity index (χ1v) is 5.33. The van der Waals surface area contributed by atoms with E-state index in [1.807, 2.05) is 6.92 Å². The van der Waals surface area contributed by atoms with Crippen LogP contribution in [0.1, 0.15) is 28.7 Å². The number of anilines is 1. The van der Waals surface area contributed by atoms with Crippen LogP contribution in [0.5, 0.6) is 0 Å². The van der Waals surface area contributed by atoms with Gasteiger partial charge < -0.3 is 10.1 Å². The highest BCUT2D eigenvalue weighted by molar-refractivity contribution is 7.17. The second kappa shape index (κ2) is 4.95. The smallest absolute Gasteiger partial charge is 0.350 e. The van der Waals surface area contributed by atoms with Gasteiger partial charge in [0.05, 0.1) is 12.3 Å². The van der Waals surface area contributed by atoms with Gasteiger partial charge in [0.15, 0.2) is 5.13 Å². The number of hydrogen-bond acceptors (Lipinski definition) is 5. The molecule has 0 atom stereocenters. The van der Waals surface area contributed by atoms with Crippen molar-refractivity contribution in [3.05, 3.63) is 10.6 Å². The summed E-state index contributed by atoms with van der Waals surface area (Å²) >= 11 is 1.32. The van der Waals surface area contributed by atoms with Gasteiger partial charge in [-0.05, 0) is 13.3 Å². The number of aryl methyl sites for hydroxylation is 1. The van der Waals surface area contributed by atoms with E-state index in [9.17, 15) is 4.79 Å². The highest BCUT2D eigenvalue weighted by Crippen LogP contribution is 2.22. The second-order valence-corrected chi connectivity index (χ2v) is 3.82. The van der Waals surface area contributed by atoms with E-state index >= 15 is 0 Å². The number of hydrogen-bond donors (Lipinski definition) is 1. The molecule has 1 aromatic rings. The van der Waals surface area contributed by atoms with Crippen LogP contribution >= 0.6 is 11.3 Å². The molecule has 1 rings (SSSR count). The highest BCUT2D eigenvalue weighted by Gasteiger charge is 2.15. The SMILES string of the molecule is CCCOC(=O)c1sc(NC)nc1C. The largest absolute Gasteiger partial charge is 0.461 e. The Bertz CT molecular complexity index is 323. The van der Waals surface area contributed by atoms with Gasteiger partial charge in [0.2, 0.25) is 0 Å². The van der Waals surface area contributed by atoms with Gasteiger partial charge in [0.25, 0.3) is 0 Å². The summed E-state index contributed by atoms with van der Waals surface area (Å²) in [5.41, 5.74) is 0.723. The highest BCUT2D eigenvalue weighted by atomic mass is 32.1. The molecule has 0 bridgehead atoms. The Labute approximate surface area is 87.3 Å². The van der Waals surface area contributed by atoms with Crippen molar-refractivity contribution in [1.29, 1.82) is 0 Å². The van der Waals surface area contributed by atoms with Gasteiger partial charge in [-0.2, -0.15) is 0 Å². The average molecular weight is 214 g/mol. The summed E-state index contributed by atoms with van der Waals surface area (Å²) in [6.45, 7) is 4.23. The zero-order valence-corrected chi connectivity index (χ0v) is 9.40. The van der Waals surface area contributed by atoms with Crippen LogP contribution in [-0.2, 0) is 4.74 Å². The first kappa shape index (κ1) is 11.0. The number of ether oxygens (including phenoxy) is 1. The summed E-state index contributed by atoms with van der Waals surface area (Å²) in [7, 11) is 1.78. The number of nitrogens with one attached hydrogen (secondary N) is 1. The third kappa shape index (κ3) is 2.45. The minimum absolute atomic E-state index is 0.275. The minimum Gasteiger partial charge on any atom is -0.461 e. The van der Waals surface area contributed by atoms with E-state index in [0.29, 0.717) is 11.5 Å². The van der Waals surface area contributed by atoms with Crippen LogP contribution in [-0.4, -0.2) is 24.6 Å². The quantitative estimate of drug-likeness (QED) is 0.779. The van der Waals surface area contributed by atoms with Crippen LogP contribution in [0.4, 0.5) is 5.13 Å². The number of carbonyl (C=O) groups excluding carboxylic acids is 1. The van der Waals surface area contributed by atoms with Gasteiger partial charge in [-0.3, -0.25) is 0 Å². The molecule has 0 fully saturated rings. The van der Waals surface area contributed by atoms with E-state index in [1.54, 1.807) is 14.0 Å². The van der Waals surface area contributed by atoms with Crippen molar-refractivity contribution in [2.45, 2.75) is 20.3 Å². The Kier molecular flexibility index (Phi) is 3.88. The molecule has 0 saturated heterocycles. The lowest BCUT2D eigenvalue weighted by molar-refractivity contribution is 0.0510. The maximum absolute atomic E-state index is 11.5. The van der Waals surface area contributed by atoms with Crippen LogP contribution in [0.15, 0.2) is 0 Å². The molecule has 4 nitrogen and oxygen atoms in total. The molecule has 0 unspecified atom stereocenters. The van der Waals surface area contributed by atoms with Gasteiger partial charge in [0, 0.05) is 7.05 Å². The molecule has 1 aromatic heterocycles. The Morgan fingerprint density at radius 1 is 1.64 bits per heavy atom. The Hall–Kier alpha value is -1.10. The Balaban J connectivity index is 2.73. The number of esters is 1. The minimum atomic E-state index is -0.275. The normalized spacial score (nSPS) is 9.93. The number of rotatable bonds is 4. The molecule has 0 aliphatic heterocycles. The Morgan fingerprint density at radius 2 is 2.36 bits per heavy atom. The molecule has 0 amide bonds. The summed E-state index contributed by atoms with van der Waals surface area (Å²) < 4.78 is 5.02. The van der Waals surface area contributed by atoms with Gasteiger partial charge in [0.1, 0.15) is 4.88 Å². The summed E-state index contributed by atoms with van der Waals surface area (Å²) in [5, 5.41) is 3.64. The molecular weight excluding hydrogens is 200 g/mol. The van der Waals surface area contributed by atoms with Crippen LogP contribution in [0.25, 0.3) is 0 Å². The molecule has 0 aromatic carbocycles. The maximum atomic E-state index is 11.5. The lowest BCUT2D eigenvalue weighted by Gasteiger charge is -1.99. The van der Waals surface area contributed by atoms with Crippen LogP contribution in [0, 0.1) is 6.92 Å². The fourth-order valence-corrected chi connectivity index (χ4v) is 1.77. The molecule has 0 saturated carbocycles. The van der Waals surface area contributed by atoms with E-state index in [4.69, 9.17) is 4.74 Å². The summed E-state index contributed by atoms with van der Waals surface area (Å²) in [6.07, 6.45) is 0.836. The summed E-state index contributed by atoms with van der Waals surface area (Å²) in [5.74, 6) is -0.275. The third-order valence-corrected chi connectivity index (χ3v) is 2.79. The van der Waals surface area contributed by atoms with Crippen molar-refractivity contribution in [1.82, 2.24) is 4.98 Å². The number of nitrogens with zero attached hydrogens (tertiary/aromatic N) is 1. The monoisotopic (exact) mass is 214 g/mol. The fraction of sp³-hybridized carbons (Fsp3) is 0.556. The van der Waals surface area contributed by atoms with Crippen LogP contribution < -0.4 is 5.32 Å². The van der Waals surface area contributed by atoms with Crippen LogP contribution in [0.2, 0.25) is 0 Å². The van der Waals surface area contributed by atoms with Gasteiger partial charge in [-0.1, -0.05) is 18.3 Å². The lowest BCUT2D eigenvalue weighted by Crippen LogP contribution is -2.05. The van der Waals surface area contributed by atoms with Gasteiger partial charge >= 0.3 is 5.97 Å². The summed E-state index contributed by atoms with van der Waals surface area (Å²) in [6, 6.07) is 0. The van der Waals surface area contributed by atoms with Crippen molar-refractivity contribution < 1.29 is 9.53 Å². The molecule has 1 N–H and O–H groups in total. The molecule has 0 aliphatic carbocycles. The summed E-state index contributed by atoms with van der Waals surface area (Å²) in [4.78, 5) is 16.2. The van der Waals surface area contributed by atoms with Crippen molar-refractivity contribution in [2.24, 2.45) is 0 Å². The van der Waals surface area contributed by atoms with Crippen molar-refractivity contribution in [3.8, 4) is 0 Å². The Morgan fingerprint density at radius 3 is 2.86 bits per heavy atom. The zero-order valence-electron chi connectivity index (χ0n) is 8.59. The average Bonchev–Trinajstić information content (AvgIpc) is 2.56. The molecule has 5 heteroatoms. The molecule has 0 radical (unpaired) electrons. The van der Waals surface area contributed by atoms with E-state index in [1.165, 1.54) is 11.3 Å². The lowest BCUT2D eigenvalue weighted by atomic mass is 10.4. The van der Waals surface area contributed by atoms with E-state index < -0.39 is 0 Å². The second-order valence-electron chi connectivity index (χ2n) is 2.82. The first-order chi connectivity index (χ1) is 6.69. The third-order valence-electron chi connectivity index (χ3n) is 1.63. The number of carbonyl (C=O) groups is 1. The van der Waals surface area contributed by atoms with Crippen molar-refractivity contribution in [2.75, 3.05) is 19.0 Å². The van der Waals surface area contributed by atoms with Gasteiger partial charge in [-0.15, -0.1) is 0 Å². The standard InChI is InChI=1S/C9H14N2O2S/c1-4-5-13-8(12)7-6(2)11-9(10-3)14-7/h4-5H2,1-3H3,(H,10,11). The topological polar surface area (TPSA) is 51.2 Å². The predicted octanol–water partition coefficient (Wildman–Crippen LogP) is 2.06. The van der Waals surface area contributed by atoms with E-state index in [0.717, 1.165) is 17.2 Å². The predicted molar refractivity (Wildman–Crippen MR) is 57.0 cm³/mol. The zero-order chi connectivity index (χ0) is 10.6. The first-order valence-electron chi connectivity index (χ1n) is 4.51. The number of thiazole rings is 1. The fourth-order valence-electron chi connectivity index (χ4n) is 0.953. The molecule has 0 aliphatic rings. The maximum Gasteiger partial charge on any atom is 0.350 e. The van der Waals surface area contributed by atoms with Gasteiger partial charge in [-0.25, -0.2) is 9.78 Å². The molecular formula is C9H14N2O2S. The van der Waals surface area contributed by atoms with Crippen molar-refractivity contribution >= 4 is 22.4 Å².